The van der Waals surface area contributed by atoms with Crippen molar-refractivity contribution in [3.63, 3.8) is 0 Å². The van der Waals surface area contributed by atoms with E-state index in [0.29, 0.717) is 4.90 Å². The standard InChI is InChI=1S/C17H24N4O2S2/c1-11-7-12(2)9-15(8-11)21-17(18)19-5-6-20-25(22,23)16-10-13(3)24-14(16)4/h7-10,20H,5-6H2,1-4H3,(H3,18,19,21). The van der Waals surface area contributed by atoms with Crippen LogP contribution in [0.1, 0.15) is 20.9 Å². The Balaban J connectivity index is 1.91. The van der Waals surface area contributed by atoms with E-state index in [4.69, 9.17) is 5.73 Å². The number of aryl methyl sites for hydroxylation is 4. The number of guanidine groups is 1. The first kappa shape index (κ1) is 19.4. The van der Waals surface area contributed by atoms with E-state index in [2.05, 4.69) is 21.1 Å². The monoisotopic (exact) mass is 380 g/mol. The first-order valence-electron chi connectivity index (χ1n) is 7.89. The van der Waals surface area contributed by atoms with E-state index < -0.39 is 10.0 Å². The van der Waals surface area contributed by atoms with Crippen LogP contribution < -0.4 is 15.8 Å². The number of anilines is 1. The Labute approximate surface area is 153 Å². The Kier molecular flexibility index (Phi) is 6.21. The summed E-state index contributed by atoms with van der Waals surface area (Å²) in [6, 6.07) is 7.70. The van der Waals surface area contributed by atoms with Gasteiger partial charge < -0.3 is 11.1 Å². The summed E-state index contributed by atoms with van der Waals surface area (Å²) in [6.07, 6.45) is 0. The average molecular weight is 381 g/mol. The van der Waals surface area contributed by atoms with E-state index in [0.717, 1.165) is 26.6 Å². The number of thiophene rings is 1. The highest BCUT2D eigenvalue weighted by atomic mass is 32.2. The molecule has 0 fully saturated rings. The topological polar surface area (TPSA) is 96.6 Å². The van der Waals surface area contributed by atoms with Crippen LogP contribution in [-0.2, 0) is 10.0 Å². The Morgan fingerprint density at radius 1 is 1.12 bits per heavy atom. The molecule has 2 rings (SSSR count). The molecule has 0 aliphatic rings. The minimum absolute atomic E-state index is 0.186. The summed E-state index contributed by atoms with van der Waals surface area (Å²) in [5.41, 5.74) is 8.98. The molecule has 0 radical (unpaired) electrons. The predicted molar refractivity (Wildman–Crippen MR) is 105 cm³/mol. The second-order valence-corrected chi connectivity index (χ2v) is 9.14. The van der Waals surface area contributed by atoms with Crippen molar-refractivity contribution >= 4 is 33.0 Å². The number of aliphatic imine (C=N–C) groups is 1. The highest BCUT2D eigenvalue weighted by molar-refractivity contribution is 7.89. The fraction of sp³-hybridized carbons (Fsp3) is 0.353. The van der Waals surface area contributed by atoms with E-state index in [9.17, 15) is 8.42 Å². The highest BCUT2D eigenvalue weighted by Gasteiger charge is 2.18. The maximum Gasteiger partial charge on any atom is 0.241 e. The van der Waals surface area contributed by atoms with Gasteiger partial charge in [-0.2, -0.15) is 0 Å². The molecule has 0 aliphatic carbocycles. The molecular formula is C17H24N4O2S2. The largest absolute Gasteiger partial charge is 0.370 e. The van der Waals surface area contributed by atoms with Crippen molar-refractivity contribution in [3.05, 3.63) is 45.1 Å². The quantitative estimate of drug-likeness (QED) is 0.408. The van der Waals surface area contributed by atoms with Gasteiger partial charge in [0.05, 0.1) is 11.4 Å². The molecule has 25 heavy (non-hydrogen) atoms. The van der Waals surface area contributed by atoms with E-state index >= 15 is 0 Å². The zero-order chi connectivity index (χ0) is 18.6. The Hall–Kier alpha value is -1.90. The molecule has 0 saturated carbocycles. The third-order valence-corrected chi connectivity index (χ3v) is 6.15. The molecule has 0 amide bonds. The summed E-state index contributed by atoms with van der Waals surface area (Å²) in [5.74, 6) is 0.256. The molecular weight excluding hydrogens is 356 g/mol. The molecule has 8 heteroatoms. The van der Waals surface area contributed by atoms with Gasteiger partial charge in [0, 0.05) is 22.0 Å². The van der Waals surface area contributed by atoms with Crippen LogP contribution in [0.4, 0.5) is 5.69 Å². The fourth-order valence-electron chi connectivity index (χ4n) is 2.54. The van der Waals surface area contributed by atoms with Gasteiger partial charge in [-0.1, -0.05) is 6.07 Å². The summed E-state index contributed by atoms with van der Waals surface area (Å²) in [5, 5.41) is 3.02. The zero-order valence-corrected chi connectivity index (χ0v) is 16.5. The van der Waals surface area contributed by atoms with Crippen molar-refractivity contribution in [3.8, 4) is 0 Å². The van der Waals surface area contributed by atoms with Gasteiger partial charge in [0.15, 0.2) is 5.96 Å². The Morgan fingerprint density at radius 2 is 1.76 bits per heavy atom. The molecule has 0 atom stereocenters. The van der Waals surface area contributed by atoms with Gasteiger partial charge in [0.2, 0.25) is 10.0 Å². The lowest BCUT2D eigenvalue weighted by atomic mass is 10.1. The number of nitrogens with zero attached hydrogens (tertiary/aromatic N) is 1. The summed E-state index contributed by atoms with van der Waals surface area (Å²) in [7, 11) is -3.51. The smallest absolute Gasteiger partial charge is 0.241 e. The molecule has 0 saturated heterocycles. The molecule has 0 spiro atoms. The molecule has 0 aliphatic heterocycles. The molecule has 4 N–H and O–H groups in total. The van der Waals surface area contributed by atoms with Crippen molar-refractivity contribution in [1.29, 1.82) is 0 Å². The number of benzene rings is 1. The third kappa shape index (κ3) is 5.55. The molecule has 1 heterocycles. The van der Waals surface area contributed by atoms with Gasteiger partial charge in [-0.25, -0.2) is 13.1 Å². The molecule has 0 bridgehead atoms. The summed E-state index contributed by atoms with van der Waals surface area (Å²) < 4.78 is 27.1. The van der Waals surface area contributed by atoms with Crippen LogP contribution in [0.25, 0.3) is 0 Å². The van der Waals surface area contributed by atoms with Crippen LogP contribution in [-0.4, -0.2) is 27.5 Å². The van der Waals surface area contributed by atoms with Gasteiger partial charge in [0.25, 0.3) is 0 Å². The molecule has 2 aromatic rings. The van der Waals surface area contributed by atoms with Crippen LogP contribution in [0.5, 0.6) is 0 Å². The highest BCUT2D eigenvalue weighted by Crippen LogP contribution is 2.24. The minimum Gasteiger partial charge on any atom is -0.370 e. The normalized spacial score (nSPS) is 12.4. The minimum atomic E-state index is -3.51. The van der Waals surface area contributed by atoms with E-state index in [-0.39, 0.29) is 19.0 Å². The van der Waals surface area contributed by atoms with Crippen LogP contribution in [0.15, 0.2) is 34.2 Å². The Bertz CT molecular complexity index is 866. The van der Waals surface area contributed by atoms with Gasteiger partial charge in [-0.05, 0) is 57.0 Å². The van der Waals surface area contributed by atoms with Crippen molar-refractivity contribution < 1.29 is 8.42 Å². The molecule has 6 nitrogen and oxygen atoms in total. The van der Waals surface area contributed by atoms with E-state index in [1.165, 1.54) is 11.3 Å². The molecule has 1 aromatic carbocycles. The van der Waals surface area contributed by atoms with Crippen molar-refractivity contribution in [2.75, 3.05) is 18.4 Å². The maximum atomic E-state index is 12.3. The second-order valence-electron chi connectivity index (χ2n) is 5.94. The van der Waals surface area contributed by atoms with Crippen molar-refractivity contribution in [2.24, 2.45) is 10.7 Å². The number of sulfonamides is 1. The first-order valence-corrected chi connectivity index (χ1v) is 10.2. The lowest BCUT2D eigenvalue weighted by Gasteiger charge is -2.08. The summed E-state index contributed by atoms with van der Waals surface area (Å²) >= 11 is 1.47. The molecule has 136 valence electrons. The Morgan fingerprint density at radius 3 is 2.32 bits per heavy atom. The van der Waals surface area contributed by atoms with Crippen LogP contribution in [0.2, 0.25) is 0 Å². The number of hydrogen-bond acceptors (Lipinski definition) is 4. The lowest BCUT2D eigenvalue weighted by Crippen LogP contribution is -2.28. The van der Waals surface area contributed by atoms with Crippen molar-refractivity contribution in [2.45, 2.75) is 32.6 Å². The van der Waals surface area contributed by atoms with Gasteiger partial charge in [-0.15, -0.1) is 11.3 Å². The number of nitrogens with one attached hydrogen (secondary N) is 2. The van der Waals surface area contributed by atoms with E-state index in [1.807, 2.05) is 32.9 Å². The third-order valence-electron chi connectivity index (χ3n) is 3.47. The predicted octanol–water partition coefficient (Wildman–Crippen LogP) is 2.69. The number of hydrogen-bond donors (Lipinski definition) is 3. The SMILES string of the molecule is Cc1cc(C)cc(NC(N)=NCCNS(=O)(=O)c2cc(C)sc2C)c1. The zero-order valence-electron chi connectivity index (χ0n) is 14.9. The fourth-order valence-corrected chi connectivity index (χ4v) is 5.12. The summed E-state index contributed by atoms with van der Waals surface area (Å²) in [6.45, 7) is 8.15. The summed E-state index contributed by atoms with van der Waals surface area (Å²) in [4.78, 5) is 6.25. The van der Waals surface area contributed by atoms with Crippen LogP contribution in [0.3, 0.4) is 0 Å². The molecule has 1 aromatic heterocycles. The van der Waals surface area contributed by atoms with Crippen molar-refractivity contribution in [1.82, 2.24) is 4.72 Å². The second kappa shape index (κ2) is 7.99. The first-order chi connectivity index (χ1) is 11.7. The lowest BCUT2D eigenvalue weighted by molar-refractivity contribution is 0.582. The average Bonchev–Trinajstić information content (AvgIpc) is 2.82. The van der Waals surface area contributed by atoms with Crippen LogP contribution >= 0.6 is 11.3 Å². The van der Waals surface area contributed by atoms with E-state index in [1.54, 1.807) is 13.0 Å². The van der Waals surface area contributed by atoms with Crippen LogP contribution in [0, 0.1) is 27.7 Å². The number of nitrogens with two attached hydrogens (primary N) is 1. The number of rotatable bonds is 6. The van der Waals surface area contributed by atoms with Gasteiger partial charge in [0.1, 0.15) is 0 Å². The maximum absolute atomic E-state index is 12.3. The molecule has 0 unspecified atom stereocenters. The van der Waals surface area contributed by atoms with Gasteiger partial charge in [-0.3, -0.25) is 4.99 Å². The van der Waals surface area contributed by atoms with Gasteiger partial charge >= 0.3 is 0 Å².